The van der Waals surface area contributed by atoms with Crippen molar-refractivity contribution in [3.63, 3.8) is 0 Å². The highest BCUT2D eigenvalue weighted by Gasteiger charge is 2.21. The lowest BCUT2D eigenvalue weighted by Gasteiger charge is -2.23. The molecule has 0 fully saturated rings. The Hall–Kier alpha value is -1.39. The van der Waals surface area contributed by atoms with Crippen LogP contribution in [0.2, 0.25) is 0 Å². The molecule has 112 valence electrons. The predicted molar refractivity (Wildman–Crippen MR) is 87.0 cm³/mol. The molecule has 1 aromatic carbocycles. The van der Waals surface area contributed by atoms with Gasteiger partial charge in [0, 0.05) is 11.7 Å². The van der Waals surface area contributed by atoms with Crippen molar-refractivity contribution < 1.29 is 4.39 Å². The first-order chi connectivity index (χ1) is 9.99. The number of aryl methyl sites for hydroxylation is 2. The van der Waals surface area contributed by atoms with Crippen molar-refractivity contribution in [1.29, 1.82) is 0 Å². The fraction of sp³-hybridized carbons (Fsp3) is 0.353. The number of thioether (sulfide) groups is 1. The van der Waals surface area contributed by atoms with E-state index in [2.05, 4.69) is 11.9 Å². The molecule has 0 aliphatic heterocycles. The Morgan fingerprint density at radius 2 is 2.00 bits per heavy atom. The van der Waals surface area contributed by atoms with Crippen LogP contribution in [0.25, 0.3) is 0 Å². The number of hydrogen-bond acceptors (Lipinski definition) is 3. The molecule has 2 nitrogen and oxygen atoms in total. The van der Waals surface area contributed by atoms with Gasteiger partial charge >= 0.3 is 0 Å². The zero-order valence-electron chi connectivity index (χ0n) is 12.6. The topological polar surface area (TPSA) is 38.9 Å². The lowest BCUT2D eigenvalue weighted by atomic mass is 10.0. The summed E-state index contributed by atoms with van der Waals surface area (Å²) >= 11 is 1.61. The van der Waals surface area contributed by atoms with Crippen molar-refractivity contribution in [3.8, 4) is 0 Å². The number of nitrogens with zero attached hydrogens (tertiary/aromatic N) is 1. The van der Waals surface area contributed by atoms with Gasteiger partial charge in [0.2, 0.25) is 0 Å². The van der Waals surface area contributed by atoms with Gasteiger partial charge in [-0.05, 0) is 55.7 Å². The van der Waals surface area contributed by atoms with E-state index in [1.807, 2.05) is 32.0 Å². The molecular weight excluding hydrogens is 283 g/mol. The summed E-state index contributed by atoms with van der Waals surface area (Å²) in [4.78, 5) is 4.55. The molecule has 0 saturated carbocycles. The normalized spacial score (nSPS) is 14.0. The number of rotatable bonds is 5. The number of benzene rings is 1. The van der Waals surface area contributed by atoms with Gasteiger partial charge < -0.3 is 5.73 Å². The maximum atomic E-state index is 13.5. The van der Waals surface area contributed by atoms with E-state index in [0.29, 0.717) is 0 Å². The Labute approximate surface area is 130 Å². The maximum Gasteiger partial charge on any atom is 0.123 e. The van der Waals surface area contributed by atoms with Crippen LogP contribution in [-0.4, -0.2) is 11.0 Å². The van der Waals surface area contributed by atoms with Gasteiger partial charge in [0.15, 0.2) is 0 Å². The van der Waals surface area contributed by atoms with Crippen LogP contribution in [0.3, 0.4) is 0 Å². The molecule has 4 heteroatoms. The van der Waals surface area contributed by atoms with Crippen LogP contribution in [0.5, 0.6) is 0 Å². The van der Waals surface area contributed by atoms with Crippen LogP contribution in [-0.2, 0) is 0 Å². The molecule has 2 N–H and O–H groups in total. The molecule has 0 spiro atoms. The van der Waals surface area contributed by atoms with Crippen LogP contribution in [0, 0.1) is 19.7 Å². The van der Waals surface area contributed by atoms with Crippen molar-refractivity contribution in [2.24, 2.45) is 5.73 Å². The van der Waals surface area contributed by atoms with E-state index in [1.165, 1.54) is 11.6 Å². The summed E-state index contributed by atoms with van der Waals surface area (Å²) in [6, 6.07) is 10.7. The Bertz CT molecular complexity index is 595. The molecule has 0 radical (unpaired) electrons. The summed E-state index contributed by atoms with van der Waals surface area (Å²) in [6.07, 6.45) is 0.832. The van der Waals surface area contributed by atoms with Gasteiger partial charge in [0.1, 0.15) is 5.82 Å². The van der Waals surface area contributed by atoms with Crippen molar-refractivity contribution in [2.45, 2.75) is 43.5 Å². The zero-order valence-corrected chi connectivity index (χ0v) is 13.5. The van der Waals surface area contributed by atoms with E-state index in [-0.39, 0.29) is 17.1 Å². The molecule has 2 unspecified atom stereocenters. The molecule has 2 rings (SSSR count). The maximum absolute atomic E-state index is 13.5. The highest BCUT2D eigenvalue weighted by atomic mass is 32.2. The molecule has 0 aliphatic rings. The summed E-state index contributed by atoms with van der Waals surface area (Å²) in [6.45, 7) is 6.08. The van der Waals surface area contributed by atoms with E-state index in [0.717, 1.165) is 22.7 Å². The Morgan fingerprint density at radius 3 is 2.62 bits per heavy atom. The Morgan fingerprint density at radius 1 is 1.24 bits per heavy atom. The van der Waals surface area contributed by atoms with Gasteiger partial charge in [0.05, 0.1) is 10.3 Å². The summed E-state index contributed by atoms with van der Waals surface area (Å²) in [5, 5.41) is 0.935. The molecule has 0 amide bonds. The van der Waals surface area contributed by atoms with Gasteiger partial charge in [0.25, 0.3) is 0 Å². The number of hydrogen-bond donors (Lipinski definition) is 1. The van der Waals surface area contributed by atoms with Gasteiger partial charge in [-0.25, -0.2) is 9.37 Å². The second kappa shape index (κ2) is 7.05. The quantitative estimate of drug-likeness (QED) is 0.832. The van der Waals surface area contributed by atoms with Crippen molar-refractivity contribution in [3.05, 3.63) is 59.0 Å². The third kappa shape index (κ3) is 4.29. The molecule has 0 bridgehead atoms. The molecule has 0 aliphatic carbocycles. The summed E-state index contributed by atoms with van der Waals surface area (Å²) < 4.78 is 13.5. The van der Waals surface area contributed by atoms with Crippen LogP contribution >= 0.6 is 11.8 Å². The number of nitrogens with two attached hydrogens (primary N) is 1. The number of halogens is 1. The summed E-state index contributed by atoms with van der Waals surface area (Å²) in [7, 11) is 0. The minimum atomic E-state index is -0.227. The van der Waals surface area contributed by atoms with E-state index < -0.39 is 0 Å². The van der Waals surface area contributed by atoms with Crippen LogP contribution in [0.15, 0.2) is 41.4 Å². The average Bonchev–Trinajstić information content (AvgIpc) is 2.43. The van der Waals surface area contributed by atoms with Crippen molar-refractivity contribution in [1.82, 2.24) is 4.98 Å². The molecule has 1 heterocycles. The predicted octanol–water partition coefficient (Wildman–Crippen LogP) is 4.41. The van der Waals surface area contributed by atoms with Crippen molar-refractivity contribution in [2.75, 3.05) is 0 Å². The smallest absolute Gasteiger partial charge is 0.123 e. The van der Waals surface area contributed by atoms with Gasteiger partial charge in [-0.2, -0.15) is 0 Å². The average molecular weight is 304 g/mol. The number of aromatic nitrogens is 1. The minimum absolute atomic E-state index is 0.000556. The Balaban J connectivity index is 2.32. The standard InChI is InChI=1S/C17H21FN2S/c1-4-15(19)17(13-6-5-7-14(18)10-13)21-16-9-11(2)8-12(3)20-16/h5-10,15,17H,4,19H2,1-3H3. The van der Waals surface area contributed by atoms with Crippen LogP contribution in [0.4, 0.5) is 4.39 Å². The van der Waals surface area contributed by atoms with E-state index >= 15 is 0 Å². The van der Waals surface area contributed by atoms with Gasteiger partial charge in [-0.15, -0.1) is 0 Å². The first-order valence-electron chi connectivity index (χ1n) is 7.12. The van der Waals surface area contributed by atoms with E-state index in [4.69, 9.17) is 5.73 Å². The highest BCUT2D eigenvalue weighted by molar-refractivity contribution is 7.99. The Kier molecular flexibility index (Phi) is 5.37. The third-order valence-electron chi connectivity index (χ3n) is 3.36. The molecule has 0 saturated heterocycles. The third-order valence-corrected chi connectivity index (χ3v) is 4.69. The lowest BCUT2D eigenvalue weighted by molar-refractivity contribution is 0.609. The van der Waals surface area contributed by atoms with E-state index in [1.54, 1.807) is 23.9 Å². The first-order valence-corrected chi connectivity index (χ1v) is 8.00. The molecular formula is C17H21FN2S. The first kappa shape index (κ1) is 16.0. The minimum Gasteiger partial charge on any atom is -0.326 e. The molecule has 2 aromatic rings. The zero-order chi connectivity index (χ0) is 15.4. The second-order valence-electron chi connectivity index (χ2n) is 5.29. The second-order valence-corrected chi connectivity index (χ2v) is 6.45. The largest absolute Gasteiger partial charge is 0.326 e. The lowest BCUT2D eigenvalue weighted by Crippen LogP contribution is -2.25. The van der Waals surface area contributed by atoms with Crippen molar-refractivity contribution >= 4 is 11.8 Å². The van der Waals surface area contributed by atoms with Crippen LogP contribution < -0.4 is 5.73 Å². The summed E-state index contributed by atoms with van der Waals surface area (Å²) in [5.74, 6) is -0.227. The molecule has 1 aromatic heterocycles. The molecule has 2 atom stereocenters. The number of pyridine rings is 1. The fourth-order valence-corrected chi connectivity index (χ4v) is 3.66. The van der Waals surface area contributed by atoms with Gasteiger partial charge in [-0.1, -0.05) is 30.8 Å². The van der Waals surface area contributed by atoms with E-state index in [9.17, 15) is 4.39 Å². The molecule has 21 heavy (non-hydrogen) atoms. The SMILES string of the molecule is CCC(N)C(Sc1cc(C)cc(C)n1)c1cccc(F)c1. The van der Waals surface area contributed by atoms with Crippen LogP contribution in [0.1, 0.15) is 35.4 Å². The fourth-order valence-electron chi connectivity index (χ4n) is 2.30. The highest BCUT2D eigenvalue weighted by Crippen LogP contribution is 2.37. The summed E-state index contributed by atoms with van der Waals surface area (Å²) in [5.41, 5.74) is 9.33. The monoisotopic (exact) mass is 304 g/mol. The van der Waals surface area contributed by atoms with Gasteiger partial charge in [-0.3, -0.25) is 0 Å².